The molecule has 0 aromatic heterocycles. The van der Waals surface area contributed by atoms with Gasteiger partial charge in [-0.05, 0) is 25.0 Å². The first-order chi connectivity index (χ1) is 9.88. The van der Waals surface area contributed by atoms with E-state index < -0.39 is 10.0 Å². The monoisotopic (exact) mass is 347 g/mol. The van der Waals surface area contributed by atoms with Crippen LogP contribution in [0.2, 0.25) is 5.02 Å². The predicted molar refractivity (Wildman–Crippen MR) is 88.0 cm³/mol. The quantitative estimate of drug-likeness (QED) is 0.787. The number of sulfonamides is 1. The molecule has 116 valence electrons. The fourth-order valence-electron chi connectivity index (χ4n) is 2.37. The number of nitrogens with one attached hydrogen (secondary N) is 1. The molecular formula is C13H18ClN3O2S2. The summed E-state index contributed by atoms with van der Waals surface area (Å²) in [7, 11) is -3.58. The Morgan fingerprint density at radius 3 is 2.57 bits per heavy atom. The number of nitrogens with two attached hydrogens (primary N) is 1. The van der Waals surface area contributed by atoms with Gasteiger partial charge in [0.05, 0.1) is 10.0 Å². The van der Waals surface area contributed by atoms with E-state index >= 15 is 0 Å². The maximum Gasteiger partial charge on any atom is 0.242 e. The fraction of sp³-hybridized carbons (Fsp3) is 0.462. The van der Waals surface area contributed by atoms with Crippen LogP contribution in [0.4, 0.5) is 0 Å². The minimum atomic E-state index is -3.58. The summed E-state index contributed by atoms with van der Waals surface area (Å²) in [6, 6.07) is 6.35. The number of hydrogen-bond acceptors (Lipinski definition) is 4. The largest absolute Gasteiger partial charge is 0.392 e. The topological polar surface area (TPSA) is 75.4 Å². The summed E-state index contributed by atoms with van der Waals surface area (Å²) in [5.74, 6) is 0. The zero-order valence-electron chi connectivity index (χ0n) is 11.5. The third-order valence-corrected chi connectivity index (χ3v) is 5.56. The highest BCUT2D eigenvalue weighted by molar-refractivity contribution is 7.89. The molecule has 1 heterocycles. The van der Waals surface area contributed by atoms with Crippen molar-refractivity contribution in [2.24, 2.45) is 5.73 Å². The second kappa shape index (κ2) is 7.02. The molecule has 8 heteroatoms. The molecule has 0 unspecified atom stereocenters. The van der Waals surface area contributed by atoms with Crippen molar-refractivity contribution in [3.8, 4) is 0 Å². The minimum absolute atomic E-state index is 0.0890. The molecule has 0 bridgehead atoms. The molecule has 1 aliphatic heterocycles. The summed E-state index contributed by atoms with van der Waals surface area (Å²) >= 11 is 10.8. The molecule has 5 nitrogen and oxygen atoms in total. The van der Waals surface area contributed by atoms with Crippen LogP contribution in [0.25, 0.3) is 0 Å². The van der Waals surface area contributed by atoms with Crippen LogP contribution in [0.5, 0.6) is 0 Å². The highest BCUT2D eigenvalue weighted by Crippen LogP contribution is 2.21. The predicted octanol–water partition coefficient (Wildman–Crippen LogP) is 1.37. The molecule has 21 heavy (non-hydrogen) atoms. The Morgan fingerprint density at radius 1 is 1.38 bits per heavy atom. The van der Waals surface area contributed by atoms with Gasteiger partial charge in [0, 0.05) is 25.7 Å². The second-order valence-corrected chi connectivity index (χ2v) is 7.68. The van der Waals surface area contributed by atoms with E-state index in [1.54, 1.807) is 18.2 Å². The van der Waals surface area contributed by atoms with Gasteiger partial charge in [0.1, 0.15) is 4.90 Å². The lowest BCUT2D eigenvalue weighted by Gasteiger charge is -2.31. The van der Waals surface area contributed by atoms with Crippen LogP contribution in [0.3, 0.4) is 0 Å². The average Bonchev–Trinajstić information content (AvgIpc) is 2.40. The molecule has 0 aliphatic carbocycles. The van der Waals surface area contributed by atoms with Crippen molar-refractivity contribution in [1.82, 2.24) is 9.62 Å². The van der Waals surface area contributed by atoms with Crippen molar-refractivity contribution in [1.29, 1.82) is 0 Å². The maximum absolute atomic E-state index is 12.3. The molecule has 0 saturated carbocycles. The molecule has 2 rings (SSSR count). The molecule has 1 aromatic carbocycles. The van der Waals surface area contributed by atoms with Crippen molar-refractivity contribution >= 4 is 38.8 Å². The Balaban J connectivity index is 1.97. The van der Waals surface area contributed by atoms with Crippen molar-refractivity contribution < 1.29 is 8.42 Å². The SMILES string of the molecule is NC(=S)CN1CCC(NS(=O)(=O)c2ccccc2Cl)CC1. The number of halogens is 1. The van der Waals surface area contributed by atoms with Crippen molar-refractivity contribution in [2.45, 2.75) is 23.8 Å². The first-order valence-electron chi connectivity index (χ1n) is 6.66. The first kappa shape index (κ1) is 16.6. The zero-order valence-corrected chi connectivity index (χ0v) is 13.8. The maximum atomic E-state index is 12.3. The standard InChI is InChI=1S/C13H18ClN3O2S2/c14-11-3-1-2-4-12(11)21(18,19)16-10-5-7-17(8-6-10)9-13(15)20/h1-4,10,16H,5-9H2,(H2,15,20). The molecule has 0 spiro atoms. The van der Waals surface area contributed by atoms with E-state index in [9.17, 15) is 8.42 Å². The lowest BCUT2D eigenvalue weighted by Crippen LogP contribution is -2.46. The van der Waals surface area contributed by atoms with Crippen LogP contribution in [0.1, 0.15) is 12.8 Å². The van der Waals surface area contributed by atoms with E-state index in [4.69, 9.17) is 29.6 Å². The highest BCUT2D eigenvalue weighted by Gasteiger charge is 2.25. The Bertz CT molecular complexity index is 614. The Morgan fingerprint density at radius 2 is 2.00 bits per heavy atom. The molecule has 0 amide bonds. The first-order valence-corrected chi connectivity index (χ1v) is 8.93. The van der Waals surface area contributed by atoms with Crippen LogP contribution >= 0.6 is 23.8 Å². The molecule has 1 saturated heterocycles. The molecule has 3 N–H and O–H groups in total. The van der Waals surface area contributed by atoms with E-state index in [0.29, 0.717) is 11.5 Å². The molecule has 1 aromatic rings. The zero-order chi connectivity index (χ0) is 15.5. The Kier molecular flexibility index (Phi) is 5.56. The molecule has 0 radical (unpaired) electrons. The van der Waals surface area contributed by atoms with Crippen LogP contribution in [0.15, 0.2) is 29.2 Å². The number of nitrogens with zero attached hydrogens (tertiary/aromatic N) is 1. The van der Waals surface area contributed by atoms with Crippen LogP contribution in [-0.4, -0.2) is 44.0 Å². The van der Waals surface area contributed by atoms with Gasteiger partial charge in [-0.1, -0.05) is 36.0 Å². The van der Waals surface area contributed by atoms with E-state index in [2.05, 4.69) is 9.62 Å². The lowest BCUT2D eigenvalue weighted by molar-refractivity contribution is 0.233. The van der Waals surface area contributed by atoms with E-state index in [0.717, 1.165) is 25.9 Å². The van der Waals surface area contributed by atoms with Gasteiger partial charge in [0.15, 0.2) is 0 Å². The normalized spacial score (nSPS) is 17.8. The number of hydrogen-bond donors (Lipinski definition) is 2. The number of piperidine rings is 1. The van der Waals surface area contributed by atoms with Crippen molar-refractivity contribution in [3.63, 3.8) is 0 Å². The van der Waals surface area contributed by atoms with E-state index in [-0.39, 0.29) is 16.0 Å². The van der Waals surface area contributed by atoms with Crippen LogP contribution in [0, 0.1) is 0 Å². The van der Waals surface area contributed by atoms with Crippen LogP contribution < -0.4 is 10.5 Å². The van der Waals surface area contributed by atoms with Gasteiger partial charge in [0.25, 0.3) is 0 Å². The molecule has 1 fully saturated rings. The summed E-state index contributed by atoms with van der Waals surface area (Å²) in [6.45, 7) is 2.12. The summed E-state index contributed by atoms with van der Waals surface area (Å²) in [4.78, 5) is 2.71. The minimum Gasteiger partial charge on any atom is -0.392 e. The number of likely N-dealkylation sites (tertiary alicyclic amines) is 1. The lowest BCUT2D eigenvalue weighted by atomic mass is 10.1. The number of benzene rings is 1. The third kappa shape index (κ3) is 4.62. The van der Waals surface area contributed by atoms with Gasteiger partial charge in [-0.15, -0.1) is 0 Å². The molecule has 0 atom stereocenters. The number of rotatable bonds is 5. The summed E-state index contributed by atoms with van der Waals surface area (Å²) in [5.41, 5.74) is 5.52. The van der Waals surface area contributed by atoms with Gasteiger partial charge >= 0.3 is 0 Å². The van der Waals surface area contributed by atoms with Gasteiger partial charge < -0.3 is 5.73 Å². The third-order valence-electron chi connectivity index (χ3n) is 3.42. The summed E-state index contributed by atoms with van der Waals surface area (Å²) in [5, 5.41) is 0.232. The molecule has 1 aliphatic rings. The Labute approximate surface area is 135 Å². The van der Waals surface area contributed by atoms with E-state index in [1.165, 1.54) is 6.07 Å². The smallest absolute Gasteiger partial charge is 0.242 e. The number of thiocarbonyl (C=S) groups is 1. The molecular weight excluding hydrogens is 330 g/mol. The van der Waals surface area contributed by atoms with Gasteiger partial charge in [-0.2, -0.15) is 0 Å². The fourth-order valence-corrected chi connectivity index (χ4v) is 4.38. The summed E-state index contributed by atoms with van der Waals surface area (Å²) in [6.07, 6.45) is 1.46. The van der Waals surface area contributed by atoms with Gasteiger partial charge in [-0.3, -0.25) is 4.90 Å². The van der Waals surface area contributed by atoms with Crippen LogP contribution in [-0.2, 0) is 10.0 Å². The van der Waals surface area contributed by atoms with Crippen molar-refractivity contribution in [2.75, 3.05) is 19.6 Å². The average molecular weight is 348 g/mol. The summed E-state index contributed by atoms with van der Waals surface area (Å²) < 4.78 is 27.4. The van der Waals surface area contributed by atoms with E-state index in [1.807, 2.05) is 0 Å². The van der Waals surface area contributed by atoms with Gasteiger partial charge in [0.2, 0.25) is 10.0 Å². The highest BCUT2D eigenvalue weighted by atomic mass is 35.5. The second-order valence-electron chi connectivity index (χ2n) is 5.07. The Hall–Kier alpha value is -0.730. The van der Waals surface area contributed by atoms with Crippen molar-refractivity contribution in [3.05, 3.63) is 29.3 Å². The van der Waals surface area contributed by atoms with Gasteiger partial charge in [-0.25, -0.2) is 13.1 Å².